The lowest BCUT2D eigenvalue weighted by molar-refractivity contribution is -0.143. The van der Waals surface area contributed by atoms with E-state index >= 15 is 0 Å². The smallest absolute Gasteiger partial charge is 0.321 e. The van der Waals surface area contributed by atoms with Gasteiger partial charge in [0.1, 0.15) is 12.4 Å². The fourth-order valence-electron chi connectivity index (χ4n) is 1.65. The van der Waals surface area contributed by atoms with E-state index in [9.17, 15) is 17.6 Å². The summed E-state index contributed by atoms with van der Waals surface area (Å²) in [6, 6.07) is 2.63. The molecule has 1 rings (SSSR count). The summed E-state index contributed by atoms with van der Waals surface area (Å²) in [6.07, 6.45) is 0. The highest BCUT2D eigenvalue weighted by Gasteiger charge is 2.30. The van der Waals surface area contributed by atoms with Crippen molar-refractivity contribution in [3.63, 3.8) is 0 Å². The molecule has 0 aromatic heterocycles. The Morgan fingerprint density at radius 3 is 2.52 bits per heavy atom. The molecule has 8 heteroatoms. The van der Waals surface area contributed by atoms with Crippen molar-refractivity contribution in [2.75, 3.05) is 13.2 Å². The van der Waals surface area contributed by atoms with E-state index in [1.54, 1.807) is 20.8 Å². The molecule has 0 fully saturated rings. The van der Waals surface area contributed by atoms with E-state index in [0.29, 0.717) is 0 Å². The van der Waals surface area contributed by atoms with Crippen molar-refractivity contribution < 1.29 is 22.3 Å². The number of nitrogens with zero attached hydrogens (tertiary/aromatic N) is 1. The standard InChI is InChI=1S/C13H17ClFNO4S/c1-4-20-13(17)8-16(9(2)3)21(18,19)10-5-6-12(15)11(14)7-10/h5-7,9H,4,8H2,1-3H3. The SMILES string of the molecule is CCOC(=O)CN(C(C)C)S(=O)(=O)c1ccc(F)c(Cl)c1. The van der Waals surface area contributed by atoms with E-state index in [0.717, 1.165) is 22.5 Å². The van der Waals surface area contributed by atoms with Crippen molar-refractivity contribution in [2.24, 2.45) is 0 Å². The van der Waals surface area contributed by atoms with Crippen LogP contribution < -0.4 is 0 Å². The zero-order valence-electron chi connectivity index (χ0n) is 12.0. The number of hydrogen-bond donors (Lipinski definition) is 0. The number of benzene rings is 1. The highest BCUT2D eigenvalue weighted by atomic mass is 35.5. The maximum atomic E-state index is 13.1. The van der Waals surface area contributed by atoms with Gasteiger partial charge in [0.25, 0.3) is 0 Å². The van der Waals surface area contributed by atoms with Gasteiger partial charge in [-0.2, -0.15) is 4.31 Å². The topological polar surface area (TPSA) is 63.7 Å². The molecule has 0 amide bonds. The fourth-order valence-corrected chi connectivity index (χ4v) is 3.50. The molecule has 0 aliphatic heterocycles. The summed E-state index contributed by atoms with van der Waals surface area (Å²) in [5.41, 5.74) is 0. The van der Waals surface area contributed by atoms with Gasteiger partial charge in [0, 0.05) is 6.04 Å². The predicted molar refractivity (Wildman–Crippen MR) is 77.1 cm³/mol. The van der Waals surface area contributed by atoms with E-state index in [1.807, 2.05) is 0 Å². The molecule has 0 heterocycles. The minimum atomic E-state index is -3.97. The number of rotatable bonds is 6. The Labute approximate surface area is 128 Å². The van der Waals surface area contributed by atoms with Crippen LogP contribution in [0.3, 0.4) is 0 Å². The zero-order valence-corrected chi connectivity index (χ0v) is 13.5. The largest absolute Gasteiger partial charge is 0.465 e. The van der Waals surface area contributed by atoms with Gasteiger partial charge in [0.15, 0.2) is 0 Å². The zero-order chi connectivity index (χ0) is 16.2. The highest BCUT2D eigenvalue weighted by molar-refractivity contribution is 7.89. The Bertz CT molecular complexity index is 619. The van der Waals surface area contributed by atoms with Crippen molar-refractivity contribution >= 4 is 27.6 Å². The molecular formula is C13H17ClFNO4S. The van der Waals surface area contributed by atoms with Gasteiger partial charge in [-0.05, 0) is 39.0 Å². The Hall–Kier alpha value is -1.18. The summed E-state index contributed by atoms with van der Waals surface area (Å²) in [6.45, 7) is 4.63. The molecule has 0 saturated heterocycles. The quantitative estimate of drug-likeness (QED) is 0.748. The maximum absolute atomic E-state index is 13.1. The molecule has 0 saturated carbocycles. The maximum Gasteiger partial charge on any atom is 0.321 e. The molecule has 0 radical (unpaired) electrons. The molecule has 21 heavy (non-hydrogen) atoms. The van der Waals surface area contributed by atoms with Crippen LogP contribution in [0, 0.1) is 5.82 Å². The van der Waals surface area contributed by atoms with Crippen LogP contribution in [-0.2, 0) is 19.6 Å². The number of halogens is 2. The van der Waals surface area contributed by atoms with Gasteiger partial charge in [-0.1, -0.05) is 11.6 Å². The molecule has 0 aliphatic carbocycles. The Morgan fingerprint density at radius 2 is 2.05 bits per heavy atom. The molecule has 1 aromatic carbocycles. The first-order chi connectivity index (χ1) is 9.70. The molecule has 1 aromatic rings. The van der Waals surface area contributed by atoms with Crippen LogP contribution >= 0.6 is 11.6 Å². The van der Waals surface area contributed by atoms with Crippen LogP contribution in [0.4, 0.5) is 4.39 Å². The molecule has 5 nitrogen and oxygen atoms in total. The third-order valence-electron chi connectivity index (χ3n) is 2.66. The summed E-state index contributed by atoms with van der Waals surface area (Å²) < 4.78 is 43.9. The third-order valence-corrected chi connectivity index (χ3v) is 4.97. The summed E-state index contributed by atoms with van der Waals surface area (Å²) in [5, 5.41) is -0.295. The molecule has 0 unspecified atom stereocenters. The van der Waals surface area contributed by atoms with Crippen LogP contribution in [0.1, 0.15) is 20.8 Å². The van der Waals surface area contributed by atoms with Gasteiger partial charge in [0.2, 0.25) is 10.0 Å². The second-order valence-electron chi connectivity index (χ2n) is 4.52. The van der Waals surface area contributed by atoms with E-state index < -0.39 is 34.4 Å². The van der Waals surface area contributed by atoms with Crippen LogP contribution in [0.2, 0.25) is 5.02 Å². The van der Waals surface area contributed by atoms with Gasteiger partial charge in [-0.15, -0.1) is 0 Å². The van der Waals surface area contributed by atoms with Crippen LogP contribution in [0.15, 0.2) is 23.1 Å². The molecule has 0 atom stereocenters. The van der Waals surface area contributed by atoms with E-state index in [2.05, 4.69) is 0 Å². The number of hydrogen-bond acceptors (Lipinski definition) is 4. The number of carbonyl (C=O) groups is 1. The first kappa shape index (κ1) is 17.9. The average Bonchev–Trinajstić information content (AvgIpc) is 2.38. The second kappa shape index (κ2) is 7.20. The number of esters is 1. The van der Waals surface area contributed by atoms with Gasteiger partial charge >= 0.3 is 5.97 Å². The normalized spacial score (nSPS) is 12.0. The lowest BCUT2D eigenvalue weighted by atomic mass is 10.3. The van der Waals surface area contributed by atoms with Crippen LogP contribution in [0.5, 0.6) is 0 Å². The average molecular weight is 338 g/mol. The van der Waals surface area contributed by atoms with Gasteiger partial charge in [0.05, 0.1) is 16.5 Å². The lowest BCUT2D eigenvalue weighted by Crippen LogP contribution is -2.41. The van der Waals surface area contributed by atoms with Crippen molar-refractivity contribution in [1.82, 2.24) is 4.31 Å². The van der Waals surface area contributed by atoms with Crippen LogP contribution in [-0.4, -0.2) is 37.9 Å². The Morgan fingerprint density at radius 1 is 1.43 bits per heavy atom. The summed E-state index contributed by atoms with van der Waals surface area (Å²) in [5.74, 6) is -1.36. The monoisotopic (exact) mass is 337 g/mol. The fraction of sp³-hybridized carbons (Fsp3) is 0.462. The minimum absolute atomic E-state index is 0.160. The lowest BCUT2D eigenvalue weighted by Gasteiger charge is -2.25. The van der Waals surface area contributed by atoms with Crippen LogP contribution in [0.25, 0.3) is 0 Å². The number of ether oxygens (including phenoxy) is 1. The minimum Gasteiger partial charge on any atom is -0.465 e. The van der Waals surface area contributed by atoms with Crippen molar-refractivity contribution in [1.29, 1.82) is 0 Å². The van der Waals surface area contributed by atoms with E-state index in [1.165, 1.54) is 0 Å². The molecule has 0 N–H and O–H groups in total. The third kappa shape index (κ3) is 4.39. The molecular weight excluding hydrogens is 321 g/mol. The second-order valence-corrected chi connectivity index (χ2v) is 6.82. The Balaban J connectivity index is 3.15. The number of sulfonamides is 1. The number of carbonyl (C=O) groups excluding carboxylic acids is 1. The highest BCUT2D eigenvalue weighted by Crippen LogP contribution is 2.23. The molecule has 0 bridgehead atoms. The first-order valence-electron chi connectivity index (χ1n) is 6.32. The van der Waals surface area contributed by atoms with E-state index in [-0.39, 0.29) is 16.5 Å². The van der Waals surface area contributed by atoms with E-state index in [4.69, 9.17) is 16.3 Å². The van der Waals surface area contributed by atoms with Gasteiger partial charge in [-0.25, -0.2) is 12.8 Å². The molecule has 0 spiro atoms. The first-order valence-corrected chi connectivity index (χ1v) is 8.14. The van der Waals surface area contributed by atoms with Crippen molar-refractivity contribution in [2.45, 2.75) is 31.7 Å². The van der Waals surface area contributed by atoms with Crippen molar-refractivity contribution in [3.8, 4) is 0 Å². The van der Waals surface area contributed by atoms with Gasteiger partial charge < -0.3 is 4.74 Å². The summed E-state index contributed by atoms with van der Waals surface area (Å²) >= 11 is 5.61. The molecule has 0 aliphatic rings. The summed E-state index contributed by atoms with van der Waals surface area (Å²) in [4.78, 5) is 11.4. The summed E-state index contributed by atoms with van der Waals surface area (Å²) in [7, 11) is -3.97. The van der Waals surface area contributed by atoms with Gasteiger partial charge in [-0.3, -0.25) is 4.79 Å². The Kier molecular flexibility index (Phi) is 6.12. The molecule has 118 valence electrons. The van der Waals surface area contributed by atoms with Crippen molar-refractivity contribution in [3.05, 3.63) is 29.0 Å². The predicted octanol–water partition coefficient (Wildman–Crippen LogP) is 2.44.